The topological polar surface area (TPSA) is 46.5 Å². The third-order valence-electron chi connectivity index (χ3n) is 1.29. The molecule has 0 rings (SSSR count). The quantitative estimate of drug-likeness (QED) is 0.499. The van der Waals surface area contributed by atoms with Crippen molar-refractivity contribution in [2.45, 2.75) is 20.3 Å². The molecule has 0 atom stereocenters. The standard InChI is InChI=1S/C8H12O3/c1-4-7(11-5-2)6(3)8(9)10/h5H,2,4H2,1,3H3,(H,9,10)/b7-6+. The number of ether oxygens (including phenoxy) is 1. The summed E-state index contributed by atoms with van der Waals surface area (Å²) in [5.74, 6) is -0.504. The minimum Gasteiger partial charge on any atom is -0.478 e. The van der Waals surface area contributed by atoms with Gasteiger partial charge in [-0.2, -0.15) is 0 Å². The molecule has 0 aromatic heterocycles. The Morgan fingerprint density at radius 3 is 2.55 bits per heavy atom. The predicted molar refractivity (Wildman–Crippen MR) is 41.9 cm³/mol. The van der Waals surface area contributed by atoms with E-state index in [1.54, 1.807) is 0 Å². The number of hydrogen-bond donors (Lipinski definition) is 1. The third-order valence-corrected chi connectivity index (χ3v) is 1.29. The van der Waals surface area contributed by atoms with Gasteiger partial charge in [0.2, 0.25) is 0 Å². The van der Waals surface area contributed by atoms with Crippen molar-refractivity contribution in [1.29, 1.82) is 0 Å². The van der Waals surface area contributed by atoms with Crippen LogP contribution in [0.3, 0.4) is 0 Å². The van der Waals surface area contributed by atoms with Crippen molar-refractivity contribution in [3.8, 4) is 0 Å². The molecule has 0 fully saturated rings. The van der Waals surface area contributed by atoms with E-state index in [-0.39, 0.29) is 5.57 Å². The number of carboxylic acids is 1. The molecular formula is C8H12O3. The molecule has 0 aliphatic carbocycles. The molecule has 1 N–H and O–H groups in total. The Bertz CT molecular complexity index is 192. The van der Waals surface area contributed by atoms with Crippen LogP contribution in [-0.2, 0) is 9.53 Å². The van der Waals surface area contributed by atoms with Crippen LogP contribution in [0.4, 0.5) is 0 Å². The maximum Gasteiger partial charge on any atom is 0.334 e. The molecule has 0 aliphatic rings. The lowest BCUT2D eigenvalue weighted by Gasteiger charge is -2.04. The zero-order chi connectivity index (χ0) is 8.85. The first-order valence-electron chi connectivity index (χ1n) is 3.34. The lowest BCUT2D eigenvalue weighted by atomic mass is 10.2. The molecule has 0 aromatic rings. The highest BCUT2D eigenvalue weighted by molar-refractivity contribution is 5.86. The van der Waals surface area contributed by atoms with Crippen LogP contribution < -0.4 is 0 Å². The summed E-state index contributed by atoms with van der Waals surface area (Å²) in [6.07, 6.45) is 1.79. The van der Waals surface area contributed by atoms with E-state index in [9.17, 15) is 4.79 Å². The van der Waals surface area contributed by atoms with E-state index in [4.69, 9.17) is 9.84 Å². The molecule has 0 saturated heterocycles. The van der Waals surface area contributed by atoms with Crippen molar-refractivity contribution in [3.05, 3.63) is 24.2 Å². The van der Waals surface area contributed by atoms with Gasteiger partial charge in [-0.1, -0.05) is 13.5 Å². The summed E-state index contributed by atoms with van der Waals surface area (Å²) in [5, 5.41) is 8.54. The molecular weight excluding hydrogens is 144 g/mol. The fourth-order valence-corrected chi connectivity index (χ4v) is 0.657. The van der Waals surface area contributed by atoms with Gasteiger partial charge in [0.25, 0.3) is 0 Å². The SMILES string of the molecule is C=CO/C(CC)=C(\C)C(=O)O. The van der Waals surface area contributed by atoms with Gasteiger partial charge in [0, 0.05) is 6.42 Å². The first-order valence-corrected chi connectivity index (χ1v) is 3.34. The number of allylic oxidation sites excluding steroid dienone is 1. The Hall–Kier alpha value is -1.25. The number of carboxylic acid groups (broad SMARTS) is 1. The van der Waals surface area contributed by atoms with Crippen LogP contribution in [0.25, 0.3) is 0 Å². The molecule has 0 spiro atoms. The van der Waals surface area contributed by atoms with Crippen molar-refractivity contribution in [3.63, 3.8) is 0 Å². The van der Waals surface area contributed by atoms with Gasteiger partial charge in [0.05, 0.1) is 11.8 Å². The Balaban J connectivity index is 4.52. The summed E-state index contributed by atoms with van der Waals surface area (Å²) in [7, 11) is 0. The lowest BCUT2D eigenvalue weighted by Crippen LogP contribution is -2.01. The van der Waals surface area contributed by atoms with Gasteiger partial charge in [-0.25, -0.2) is 4.79 Å². The Labute approximate surface area is 66.0 Å². The van der Waals surface area contributed by atoms with Crippen molar-refractivity contribution in [2.24, 2.45) is 0 Å². The van der Waals surface area contributed by atoms with Crippen LogP contribution in [-0.4, -0.2) is 11.1 Å². The zero-order valence-electron chi connectivity index (χ0n) is 6.76. The number of carbonyl (C=O) groups is 1. The summed E-state index contributed by atoms with van der Waals surface area (Å²) < 4.78 is 4.88. The lowest BCUT2D eigenvalue weighted by molar-refractivity contribution is -0.132. The second kappa shape index (κ2) is 4.55. The smallest absolute Gasteiger partial charge is 0.334 e. The van der Waals surface area contributed by atoms with Crippen molar-refractivity contribution < 1.29 is 14.6 Å². The van der Waals surface area contributed by atoms with E-state index < -0.39 is 5.97 Å². The molecule has 0 aliphatic heterocycles. The fourth-order valence-electron chi connectivity index (χ4n) is 0.657. The van der Waals surface area contributed by atoms with Crippen molar-refractivity contribution in [2.75, 3.05) is 0 Å². The predicted octanol–water partition coefficient (Wildman–Crippen LogP) is 1.92. The van der Waals surface area contributed by atoms with Gasteiger partial charge in [-0.05, 0) is 6.92 Å². The Morgan fingerprint density at radius 1 is 1.73 bits per heavy atom. The molecule has 3 heteroatoms. The first kappa shape index (κ1) is 9.75. The van der Waals surface area contributed by atoms with Crippen LogP contribution in [0.15, 0.2) is 24.2 Å². The van der Waals surface area contributed by atoms with E-state index >= 15 is 0 Å². The highest BCUT2D eigenvalue weighted by atomic mass is 16.5. The van der Waals surface area contributed by atoms with Crippen molar-refractivity contribution >= 4 is 5.97 Å². The summed E-state index contributed by atoms with van der Waals surface area (Å²) in [5.41, 5.74) is 0.229. The fraction of sp³-hybridized carbons (Fsp3) is 0.375. The highest BCUT2D eigenvalue weighted by Crippen LogP contribution is 2.09. The summed E-state index contributed by atoms with van der Waals surface area (Å²) >= 11 is 0. The van der Waals surface area contributed by atoms with E-state index in [0.29, 0.717) is 12.2 Å². The Kier molecular flexibility index (Phi) is 4.03. The van der Waals surface area contributed by atoms with E-state index in [2.05, 4.69) is 6.58 Å². The largest absolute Gasteiger partial charge is 0.478 e. The van der Waals surface area contributed by atoms with Gasteiger partial charge in [0.1, 0.15) is 5.76 Å². The number of hydrogen-bond acceptors (Lipinski definition) is 2. The normalized spacial score (nSPS) is 11.8. The number of rotatable bonds is 4. The molecule has 11 heavy (non-hydrogen) atoms. The Morgan fingerprint density at radius 2 is 2.27 bits per heavy atom. The molecule has 0 heterocycles. The first-order chi connectivity index (χ1) is 5.13. The van der Waals surface area contributed by atoms with Crippen LogP contribution in [0.5, 0.6) is 0 Å². The summed E-state index contributed by atoms with van der Waals surface area (Å²) in [6.45, 7) is 6.67. The van der Waals surface area contributed by atoms with Crippen LogP contribution in [0.1, 0.15) is 20.3 Å². The molecule has 3 nitrogen and oxygen atoms in total. The maximum absolute atomic E-state index is 10.4. The number of aliphatic carboxylic acids is 1. The summed E-state index contributed by atoms with van der Waals surface area (Å²) in [6, 6.07) is 0. The molecule has 0 aromatic carbocycles. The van der Waals surface area contributed by atoms with Gasteiger partial charge in [-0.3, -0.25) is 0 Å². The van der Waals surface area contributed by atoms with Gasteiger partial charge in [0.15, 0.2) is 0 Å². The van der Waals surface area contributed by atoms with Crippen LogP contribution >= 0.6 is 0 Å². The second-order valence-corrected chi connectivity index (χ2v) is 1.99. The van der Waals surface area contributed by atoms with Gasteiger partial charge in [-0.15, -0.1) is 0 Å². The van der Waals surface area contributed by atoms with Crippen molar-refractivity contribution in [1.82, 2.24) is 0 Å². The average Bonchev–Trinajstić information content (AvgIpc) is 1.98. The summed E-state index contributed by atoms with van der Waals surface area (Å²) in [4.78, 5) is 10.4. The molecule has 0 amide bonds. The third kappa shape index (κ3) is 2.89. The molecule has 0 radical (unpaired) electrons. The van der Waals surface area contributed by atoms with E-state index in [0.717, 1.165) is 0 Å². The average molecular weight is 156 g/mol. The zero-order valence-corrected chi connectivity index (χ0v) is 6.76. The minimum atomic E-state index is -0.955. The maximum atomic E-state index is 10.4. The van der Waals surface area contributed by atoms with Crippen LogP contribution in [0.2, 0.25) is 0 Å². The van der Waals surface area contributed by atoms with Crippen LogP contribution in [0, 0.1) is 0 Å². The molecule has 0 saturated carbocycles. The second-order valence-electron chi connectivity index (χ2n) is 1.99. The van der Waals surface area contributed by atoms with Gasteiger partial charge >= 0.3 is 5.97 Å². The molecule has 62 valence electrons. The van der Waals surface area contributed by atoms with E-state index in [1.807, 2.05) is 6.92 Å². The highest BCUT2D eigenvalue weighted by Gasteiger charge is 2.07. The molecule has 0 bridgehead atoms. The van der Waals surface area contributed by atoms with Gasteiger partial charge < -0.3 is 9.84 Å². The van der Waals surface area contributed by atoms with E-state index in [1.165, 1.54) is 13.2 Å². The molecule has 0 unspecified atom stereocenters. The minimum absolute atomic E-state index is 0.229. The monoisotopic (exact) mass is 156 g/mol.